The van der Waals surface area contributed by atoms with Crippen molar-refractivity contribution < 1.29 is 10.2 Å². The van der Waals surface area contributed by atoms with Gasteiger partial charge in [-0.25, -0.2) is 0 Å². The van der Waals surface area contributed by atoms with Gasteiger partial charge in [0.25, 0.3) is 0 Å². The van der Waals surface area contributed by atoms with Crippen LogP contribution in [0.3, 0.4) is 0 Å². The Morgan fingerprint density at radius 1 is 1.40 bits per heavy atom. The van der Waals surface area contributed by atoms with Gasteiger partial charge in [-0.15, -0.1) is 0 Å². The molecule has 0 aromatic heterocycles. The third-order valence-electron chi connectivity index (χ3n) is 2.22. The highest BCUT2D eigenvalue weighted by molar-refractivity contribution is 5.30. The molecule has 0 aliphatic carbocycles. The topological polar surface area (TPSA) is 67.5 Å². The predicted octanol–water partition coefficient (Wildman–Crippen LogP) is 0.881. The molecule has 1 aromatic carbocycles. The third-order valence-corrected chi connectivity index (χ3v) is 2.22. The highest BCUT2D eigenvalue weighted by Crippen LogP contribution is 2.20. The van der Waals surface area contributed by atoms with Crippen LogP contribution in [0.2, 0.25) is 0 Å². The Morgan fingerprint density at radius 3 is 2.47 bits per heavy atom. The maximum Gasteiger partial charge on any atom is 0.123 e. The molecule has 0 amide bonds. The Kier molecular flexibility index (Phi) is 4.10. The van der Waals surface area contributed by atoms with Gasteiger partial charge in [-0.05, 0) is 24.7 Å². The lowest BCUT2D eigenvalue weighted by Gasteiger charge is -2.21. The Morgan fingerprint density at radius 2 is 2.00 bits per heavy atom. The second-order valence-corrected chi connectivity index (χ2v) is 3.33. The van der Waals surface area contributed by atoms with Crippen molar-refractivity contribution >= 4 is 0 Å². The first-order valence-electron chi connectivity index (χ1n) is 4.68. The summed E-state index contributed by atoms with van der Waals surface area (Å²) in [6.07, 6.45) is 0. The summed E-state index contributed by atoms with van der Waals surface area (Å²) < 4.78 is 0. The third kappa shape index (κ3) is 2.94. The molecule has 80 valence electrons. The summed E-state index contributed by atoms with van der Waals surface area (Å²) in [5.41, 5.74) is 0.811. The molecule has 15 heavy (non-hydrogen) atoms. The summed E-state index contributed by atoms with van der Waals surface area (Å²) in [5, 5.41) is 26.9. The molecule has 4 nitrogen and oxygen atoms in total. The maximum atomic E-state index is 9.12. The molecule has 0 spiro atoms. The second kappa shape index (κ2) is 5.35. The predicted molar refractivity (Wildman–Crippen MR) is 56.2 cm³/mol. The van der Waals surface area contributed by atoms with Gasteiger partial charge < -0.3 is 10.2 Å². The minimum Gasteiger partial charge on any atom is -0.508 e. The van der Waals surface area contributed by atoms with E-state index in [0.29, 0.717) is 6.54 Å². The van der Waals surface area contributed by atoms with Gasteiger partial charge in [0.1, 0.15) is 11.8 Å². The molecule has 1 atom stereocenters. The number of nitriles is 1. The minimum atomic E-state index is -0.391. The molecule has 0 saturated heterocycles. The molecule has 0 aliphatic heterocycles. The van der Waals surface area contributed by atoms with Crippen LogP contribution in [-0.2, 0) is 0 Å². The molecule has 1 unspecified atom stereocenters. The normalized spacial score (nSPS) is 12.4. The number of phenolic OH excluding ortho intramolecular Hbond substituents is 1. The number of rotatable bonds is 4. The van der Waals surface area contributed by atoms with Crippen LogP contribution in [0.25, 0.3) is 0 Å². The monoisotopic (exact) mass is 206 g/mol. The number of nitrogens with zero attached hydrogens (tertiary/aromatic N) is 2. The van der Waals surface area contributed by atoms with Gasteiger partial charge in [0.15, 0.2) is 0 Å². The molecule has 0 saturated carbocycles. The van der Waals surface area contributed by atoms with Crippen LogP contribution in [0.5, 0.6) is 5.75 Å². The number of hydrogen-bond acceptors (Lipinski definition) is 4. The van der Waals surface area contributed by atoms with Crippen molar-refractivity contribution in [3.05, 3.63) is 29.8 Å². The minimum absolute atomic E-state index is 0.0206. The van der Waals surface area contributed by atoms with Crippen LogP contribution in [0.1, 0.15) is 11.6 Å². The first-order valence-corrected chi connectivity index (χ1v) is 4.68. The molecule has 0 aliphatic rings. The molecular weight excluding hydrogens is 192 g/mol. The van der Waals surface area contributed by atoms with Gasteiger partial charge in [-0.2, -0.15) is 5.26 Å². The lowest BCUT2D eigenvalue weighted by molar-refractivity contribution is 0.203. The lowest BCUT2D eigenvalue weighted by atomic mass is 10.1. The zero-order valence-electron chi connectivity index (χ0n) is 8.59. The summed E-state index contributed by atoms with van der Waals surface area (Å²) in [6.45, 7) is 0.464. The molecular formula is C11H14N2O2. The van der Waals surface area contributed by atoms with Crippen molar-refractivity contribution in [1.29, 1.82) is 5.26 Å². The Bertz CT molecular complexity index is 343. The van der Waals surface area contributed by atoms with Crippen LogP contribution in [0.4, 0.5) is 0 Å². The first kappa shape index (κ1) is 11.5. The Hall–Kier alpha value is -1.57. The number of hydrogen-bond donors (Lipinski definition) is 2. The number of aliphatic hydroxyl groups is 1. The average molecular weight is 206 g/mol. The smallest absolute Gasteiger partial charge is 0.123 e. The van der Waals surface area contributed by atoms with Crippen molar-refractivity contribution in [2.24, 2.45) is 0 Å². The largest absolute Gasteiger partial charge is 0.508 e. The van der Waals surface area contributed by atoms with E-state index in [2.05, 4.69) is 6.07 Å². The summed E-state index contributed by atoms with van der Waals surface area (Å²) in [5.74, 6) is 0.181. The fourth-order valence-corrected chi connectivity index (χ4v) is 1.37. The molecule has 0 bridgehead atoms. The van der Waals surface area contributed by atoms with E-state index >= 15 is 0 Å². The fourth-order valence-electron chi connectivity index (χ4n) is 1.37. The highest BCUT2D eigenvalue weighted by atomic mass is 16.3. The van der Waals surface area contributed by atoms with E-state index in [1.807, 2.05) is 0 Å². The van der Waals surface area contributed by atoms with Gasteiger partial charge in [-0.1, -0.05) is 12.1 Å². The molecule has 0 radical (unpaired) electrons. The standard InChI is InChI=1S/C11H14N2O2/c1-13(6-7-14)11(8-12)9-2-4-10(15)5-3-9/h2-5,11,14-15H,6-7H2,1H3. The van der Waals surface area contributed by atoms with Crippen LogP contribution >= 0.6 is 0 Å². The van der Waals surface area contributed by atoms with Crippen molar-refractivity contribution in [2.45, 2.75) is 6.04 Å². The number of phenols is 1. The van der Waals surface area contributed by atoms with E-state index in [-0.39, 0.29) is 12.4 Å². The van der Waals surface area contributed by atoms with Crippen molar-refractivity contribution in [2.75, 3.05) is 20.2 Å². The van der Waals surface area contributed by atoms with Crippen LogP contribution < -0.4 is 0 Å². The quantitative estimate of drug-likeness (QED) is 0.767. The lowest BCUT2D eigenvalue weighted by Crippen LogP contribution is -2.26. The van der Waals surface area contributed by atoms with Crippen LogP contribution in [0, 0.1) is 11.3 Å². The molecule has 0 fully saturated rings. The van der Waals surface area contributed by atoms with E-state index in [0.717, 1.165) is 5.56 Å². The van der Waals surface area contributed by atoms with Gasteiger partial charge in [0.2, 0.25) is 0 Å². The summed E-state index contributed by atoms with van der Waals surface area (Å²) in [7, 11) is 1.77. The summed E-state index contributed by atoms with van der Waals surface area (Å²) >= 11 is 0. The number of aromatic hydroxyl groups is 1. The zero-order valence-corrected chi connectivity index (χ0v) is 8.59. The van der Waals surface area contributed by atoms with E-state index in [1.54, 1.807) is 36.2 Å². The van der Waals surface area contributed by atoms with Crippen LogP contribution in [-0.4, -0.2) is 35.3 Å². The highest BCUT2D eigenvalue weighted by Gasteiger charge is 2.15. The number of benzene rings is 1. The van der Waals surface area contributed by atoms with Gasteiger partial charge in [0.05, 0.1) is 12.7 Å². The number of likely N-dealkylation sites (N-methyl/N-ethyl adjacent to an activating group) is 1. The molecule has 1 aromatic rings. The zero-order chi connectivity index (χ0) is 11.3. The Balaban J connectivity index is 2.84. The number of aliphatic hydroxyl groups excluding tert-OH is 1. The van der Waals surface area contributed by atoms with E-state index in [1.165, 1.54) is 0 Å². The molecule has 4 heteroatoms. The fraction of sp³-hybridized carbons (Fsp3) is 0.364. The SMILES string of the molecule is CN(CCO)C(C#N)c1ccc(O)cc1. The molecule has 2 N–H and O–H groups in total. The van der Waals surface area contributed by atoms with E-state index < -0.39 is 6.04 Å². The first-order chi connectivity index (χ1) is 7.19. The van der Waals surface area contributed by atoms with Crippen LogP contribution in [0.15, 0.2) is 24.3 Å². The Labute approximate surface area is 89.0 Å². The summed E-state index contributed by atoms with van der Waals surface area (Å²) in [6, 6.07) is 8.27. The van der Waals surface area contributed by atoms with Crippen molar-refractivity contribution in [1.82, 2.24) is 4.90 Å². The molecule has 1 rings (SSSR count). The van der Waals surface area contributed by atoms with Gasteiger partial charge >= 0.3 is 0 Å². The van der Waals surface area contributed by atoms with E-state index in [9.17, 15) is 0 Å². The average Bonchev–Trinajstić information content (AvgIpc) is 2.22. The van der Waals surface area contributed by atoms with Gasteiger partial charge in [0, 0.05) is 6.54 Å². The molecule has 0 heterocycles. The second-order valence-electron chi connectivity index (χ2n) is 3.33. The summed E-state index contributed by atoms with van der Waals surface area (Å²) in [4.78, 5) is 1.76. The van der Waals surface area contributed by atoms with Crippen molar-refractivity contribution in [3.63, 3.8) is 0 Å². The van der Waals surface area contributed by atoms with Crippen molar-refractivity contribution in [3.8, 4) is 11.8 Å². The van der Waals surface area contributed by atoms with Gasteiger partial charge in [-0.3, -0.25) is 4.90 Å². The van der Waals surface area contributed by atoms with E-state index in [4.69, 9.17) is 15.5 Å². The maximum absolute atomic E-state index is 9.12.